The third-order valence-electron chi connectivity index (χ3n) is 4.32. The van der Waals surface area contributed by atoms with Crippen LogP contribution in [0, 0.1) is 29.8 Å². The van der Waals surface area contributed by atoms with E-state index >= 15 is 0 Å². The highest BCUT2D eigenvalue weighted by Gasteiger charge is 2.16. The van der Waals surface area contributed by atoms with Gasteiger partial charge in [-0.15, -0.1) is 0 Å². The van der Waals surface area contributed by atoms with Crippen molar-refractivity contribution in [3.8, 4) is 5.69 Å². The molecule has 0 saturated carbocycles. The Morgan fingerprint density at radius 2 is 1.90 bits per heavy atom. The summed E-state index contributed by atoms with van der Waals surface area (Å²) in [6, 6.07) is 8.99. The number of esters is 1. The smallest absolute Gasteiger partial charge is 0.338 e. The average molecular weight is 447 g/mol. The number of non-ortho nitro benzene ring substituents is 1. The van der Waals surface area contributed by atoms with Crippen LogP contribution in [-0.4, -0.2) is 33.2 Å². The molecule has 3 aromatic rings. The van der Waals surface area contributed by atoms with Crippen molar-refractivity contribution in [2.75, 3.05) is 11.9 Å². The van der Waals surface area contributed by atoms with Crippen LogP contribution < -0.4 is 5.32 Å². The third kappa shape index (κ3) is 4.86. The predicted octanol–water partition coefficient (Wildman–Crippen LogP) is 3.99. The SMILES string of the molecule is Cc1nn(-c2ccc(C(=O)OCC(=O)Nc3cc([N+](=O)[O-])ccc3F)cc2)c(C)c1Cl. The molecule has 9 nitrogen and oxygen atoms in total. The Hall–Kier alpha value is -3.79. The van der Waals surface area contributed by atoms with E-state index in [1.807, 2.05) is 6.92 Å². The van der Waals surface area contributed by atoms with Crippen molar-refractivity contribution >= 4 is 34.9 Å². The molecule has 1 N–H and O–H groups in total. The number of hydrogen-bond donors (Lipinski definition) is 1. The van der Waals surface area contributed by atoms with Gasteiger partial charge in [-0.3, -0.25) is 14.9 Å². The molecule has 0 aliphatic rings. The number of anilines is 1. The molecule has 3 rings (SSSR count). The molecule has 1 heterocycles. The highest BCUT2D eigenvalue weighted by atomic mass is 35.5. The van der Waals surface area contributed by atoms with Crippen LogP contribution in [0.1, 0.15) is 21.7 Å². The van der Waals surface area contributed by atoms with Crippen LogP contribution in [0.4, 0.5) is 15.8 Å². The monoisotopic (exact) mass is 446 g/mol. The zero-order valence-electron chi connectivity index (χ0n) is 16.4. The summed E-state index contributed by atoms with van der Waals surface area (Å²) in [5.41, 5.74) is 1.52. The molecule has 11 heteroatoms. The van der Waals surface area contributed by atoms with Gasteiger partial charge in [0.05, 0.1) is 38.3 Å². The van der Waals surface area contributed by atoms with Gasteiger partial charge in [-0.25, -0.2) is 13.9 Å². The second-order valence-electron chi connectivity index (χ2n) is 6.49. The van der Waals surface area contributed by atoms with Crippen LogP contribution in [-0.2, 0) is 9.53 Å². The number of nitro groups is 1. The summed E-state index contributed by atoms with van der Waals surface area (Å²) in [5.74, 6) is -2.47. The van der Waals surface area contributed by atoms with Crippen LogP contribution in [0.5, 0.6) is 0 Å². The van der Waals surface area contributed by atoms with E-state index in [1.54, 1.807) is 23.7 Å². The highest BCUT2D eigenvalue weighted by molar-refractivity contribution is 6.31. The Labute approximate surface area is 180 Å². The fraction of sp³-hybridized carbons (Fsp3) is 0.150. The van der Waals surface area contributed by atoms with E-state index in [2.05, 4.69) is 10.4 Å². The van der Waals surface area contributed by atoms with Crippen LogP contribution in [0.2, 0.25) is 5.02 Å². The third-order valence-corrected chi connectivity index (χ3v) is 4.87. The van der Waals surface area contributed by atoms with E-state index in [0.717, 1.165) is 23.9 Å². The van der Waals surface area contributed by atoms with Gasteiger partial charge in [-0.05, 0) is 44.2 Å². The van der Waals surface area contributed by atoms with E-state index < -0.39 is 34.9 Å². The molecule has 0 bridgehead atoms. The minimum atomic E-state index is -0.856. The molecule has 31 heavy (non-hydrogen) atoms. The molecule has 0 unspecified atom stereocenters. The number of aromatic nitrogens is 2. The summed E-state index contributed by atoms with van der Waals surface area (Å²) in [5, 5.41) is 17.8. The van der Waals surface area contributed by atoms with Crippen LogP contribution in [0.25, 0.3) is 5.69 Å². The maximum atomic E-state index is 13.7. The first-order valence-electron chi connectivity index (χ1n) is 8.90. The number of carbonyl (C=O) groups excluding carboxylic acids is 2. The largest absolute Gasteiger partial charge is 0.452 e. The highest BCUT2D eigenvalue weighted by Crippen LogP contribution is 2.23. The Morgan fingerprint density at radius 1 is 1.23 bits per heavy atom. The first-order valence-corrected chi connectivity index (χ1v) is 9.28. The van der Waals surface area contributed by atoms with Gasteiger partial charge in [0.25, 0.3) is 11.6 Å². The molecule has 1 aromatic heterocycles. The molecular formula is C20H16ClFN4O5. The topological polar surface area (TPSA) is 116 Å². The summed E-state index contributed by atoms with van der Waals surface area (Å²) >= 11 is 6.14. The Morgan fingerprint density at radius 3 is 2.48 bits per heavy atom. The summed E-state index contributed by atoms with van der Waals surface area (Å²) in [7, 11) is 0. The zero-order valence-corrected chi connectivity index (χ0v) is 17.1. The minimum absolute atomic E-state index is 0.186. The number of rotatable bonds is 6. The molecule has 0 saturated heterocycles. The van der Waals surface area contributed by atoms with Crippen LogP contribution >= 0.6 is 11.6 Å². The van der Waals surface area contributed by atoms with Crippen LogP contribution in [0.3, 0.4) is 0 Å². The second-order valence-corrected chi connectivity index (χ2v) is 6.87. The second kappa shape index (κ2) is 8.92. The number of aryl methyl sites for hydroxylation is 1. The number of nitrogens with zero attached hydrogens (tertiary/aromatic N) is 3. The maximum Gasteiger partial charge on any atom is 0.338 e. The average Bonchev–Trinajstić information content (AvgIpc) is 3.00. The lowest BCUT2D eigenvalue weighted by atomic mass is 10.2. The minimum Gasteiger partial charge on any atom is -0.452 e. The van der Waals surface area contributed by atoms with Gasteiger partial charge in [-0.1, -0.05) is 11.6 Å². The number of halogens is 2. The van der Waals surface area contributed by atoms with Gasteiger partial charge < -0.3 is 10.1 Å². The maximum absolute atomic E-state index is 13.7. The Bertz CT molecular complexity index is 1180. The van der Waals surface area contributed by atoms with Crippen molar-refractivity contribution in [1.29, 1.82) is 0 Å². The number of nitro benzene ring substituents is 1. The van der Waals surface area contributed by atoms with Crippen molar-refractivity contribution in [3.05, 3.63) is 80.4 Å². The van der Waals surface area contributed by atoms with Gasteiger partial charge in [0.1, 0.15) is 5.82 Å². The van der Waals surface area contributed by atoms with E-state index in [4.69, 9.17) is 16.3 Å². The molecule has 0 spiro atoms. The van der Waals surface area contributed by atoms with Crippen molar-refractivity contribution in [3.63, 3.8) is 0 Å². The van der Waals surface area contributed by atoms with Gasteiger partial charge >= 0.3 is 5.97 Å². The van der Waals surface area contributed by atoms with Crippen molar-refractivity contribution in [2.24, 2.45) is 0 Å². The summed E-state index contributed by atoms with van der Waals surface area (Å²) < 4.78 is 20.3. The molecule has 160 valence electrons. The van der Waals surface area contributed by atoms with Crippen molar-refractivity contribution < 1.29 is 23.6 Å². The number of hydrogen-bond acceptors (Lipinski definition) is 6. The van der Waals surface area contributed by atoms with Gasteiger partial charge in [0, 0.05) is 12.1 Å². The lowest BCUT2D eigenvalue weighted by Gasteiger charge is -2.08. The number of benzene rings is 2. The predicted molar refractivity (Wildman–Crippen MR) is 110 cm³/mol. The normalized spacial score (nSPS) is 10.6. The van der Waals surface area contributed by atoms with E-state index in [1.165, 1.54) is 12.1 Å². The molecule has 0 atom stereocenters. The summed E-state index contributed by atoms with van der Waals surface area (Å²) in [6.07, 6.45) is 0. The number of amides is 1. The van der Waals surface area contributed by atoms with E-state index in [0.29, 0.717) is 16.4 Å². The molecule has 0 aliphatic carbocycles. The fourth-order valence-corrected chi connectivity index (χ4v) is 2.85. The van der Waals surface area contributed by atoms with E-state index in [-0.39, 0.29) is 11.3 Å². The number of nitrogens with one attached hydrogen (secondary N) is 1. The molecule has 1 amide bonds. The molecular weight excluding hydrogens is 431 g/mol. The van der Waals surface area contributed by atoms with Gasteiger partial charge in [-0.2, -0.15) is 5.10 Å². The van der Waals surface area contributed by atoms with Crippen molar-refractivity contribution in [2.45, 2.75) is 13.8 Å². The Kier molecular flexibility index (Phi) is 6.30. The number of carbonyl (C=O) groups is 2. The number of ether oxygens (including phenoxy) is 1. The quantitative estimate of drug-likeness (QED) is 0.347. The van der Waals surface area contributed by atoms with Crippen LogP contribution in [0.15, 0.2) is 42.5 Å². The lowest BCUT2D eigenvalue weighted by Crippen LogP contribution is -2.21. The van der Waals surface area contributed by atoms with Gasteiger partial charge in [0.15, 0.2) is 6.61 Å². The summed E-state index contributed by atoms with van der Waals surface area (Å²) in [6.45, 7) is 2.89. The fourth-order valence-electron chi connectivity index (χ4n) is 2.74. The molecule has 2 aromatic carbocycles. The first-order chi connectivity index (χ1) is 14.7. The summed E-state index contributed by atoms with van der Waals surface area (Å²) in [4.78, 5) is 34.2. The Balaban J connectivity index is 1.62. The first kappa shape index (κ1) is 21.9. The molecule has 0 aliphatic heterocycles. The van der Waals surface area contributed by atoms with Crippen molar-refractivity contribution in [1.82, 2.24) is 9.78 Å². The van der Waals surface area contributed by atoms with E-state index in [9.17, 15) is 24.1 Å². The standard InChI is InChI=1S/C20H16ClFN4O5/c1-11-19(21)12(2)25(24-11)14-5-3-13(4-6-14)20(28)31-10-18(27)23-17-9-15(26(29)30)7-8-16(17)22/h3-9H,10H2,1-2H3,(H,23,27). The zero-order chi connectivity index (χ0) is 22.7. The lowest BCUT2D eigenvalue weighted by molar-refractivity contribution is -0.384. The molecule has 0 fully saturated rings. The van der Waals surface area contributed by atoms with Gasteiger partial charge in [0.2, 0.25) is 0 Å². The molecule has 0 radical (unpaired) electrons.